The van der Waals surface area contributed by atoms with E-state index in [9.17, 15) is 2.74 Å². The average Bonchev–Trinajstić information content (AvgIpc) is 3.89. The number of hydrogen-bond acceptors (Lipinski definition) is 3. The lowest BCUT2D eigenvalue weighted by Crippen LogP contribution is -2.28. The van der Waals surface area contributed by atoms with Gasteiger partial charge in [0.1, 0.15) is 11.2 Å². The van der Waals surface area contributed by atoms with Gasteiger partial charge in [-0.25, -0.2) is 0 Å². The summed E-state index contributed by atoms with van der Waals surface area (Å²) in [5, 5.41) is 4.15. The Labute approximate surface area is 368 Å². The molecule has 1 aromatic heterocycles. The molecular formula is C59H40N2O. The van der Waals surface area contributed by atoms with Crippen LogP contribution in [0.15, 0.2) is 247 Å². The molecule has 0 saturated heterocycles. The predicted octanol–water partition coefficient (Wildman–Crippen LogP) is 16.0. The summed E-state index contributed by atoms with van der Waals surface area (Å²) < 4.78 is 53.0. The summed E-state index contributed by atoms with van der Waals surface area (Å²) in [6.07, 6.45) is 0. The lowest BCUT2D eigenvalue weighted by Gasteiger charge is -2.34. The van der Waals surface area contributed by atoms with E-state index in [-0.39, 0.29) is 17.6 Å². The van der Waals surface area contributed by atoms with Crippen molar-refractivity contribution in [2.24, 2.45) is 0 Å². The van der Waals surface area contributed by atoms with Gasteiger partial charge in [-0.05, 0) is 129 Å². The molecule has 1 atom stereocenters. The molecule has 1 heterocycles. The van der Waals surface area contributed by atoms with Crippen LogP contribution >= 0.6 is 0 Å². The maximum absolute atomic E-state index is 9.73. The van der Waals surface area contributed by atoms with Crippen LogP contribution in [0.5, 0.6) is 0 Å². The second-order valence-electron chi connectivity index (χ2n) is 15.7. The first-order valence-electron chi connectivity index (χ1n) is 23.3. The number of anilines is 6. The second-order valence-corrected chi connectivity index (χ2v) is 15.7. The van der Waals surface area contributed by atoms with E-state index in [2.05, 4.69) is 119 Å². The first kappa shape index (κ1) is 30.8. The summed E-state index contributed by atoms with van der Waals surface area (Å²) in [4.78, 5) is 4.47. The number of benzene rings is 10. The van der Waals surface area contributed by atoms with Crippen molar-refractivity contribution in [2.45, 2.75) is 5.41 Å². The normalized spacial score (nSPS) is 15.3. The smallest absolute Gasteiger partial charge is 0.135 e. The molecule has 1 unspecified atom stereocenters. The third-order valence-corrected chi connectivity index (χ3v) is 12.3. The molecule has 10 aromatic carbocycles. The van der Waals surface area contributed by atoms with E-state index in [4.69, 9.17) is 8.53 Å². The first-order chi connectivity index (χ1) is 32.8. The highest BCUT2D eigenvalue weighted by molar-refractivity contribution is 6.05. The van der Waals surface area contributed by atoms with Crippen LogP contribution in [0.25, 0.3) is 43.8 Å². The zero-order chi connectivity index (χ0) is 45.4. The molecule has 3 nitrogen and oxygen atoms in total. The Kier molecular flexibility index (Phi) is 7.23. The fourth-order valence-corrected chi connectivity index (χ4v) is 9.65. The van der Waals surface area contributed by atoms with Crippen LogP contribution in [-0.4, -0.2) is 0 Å². The third kappa shape index (κ3) is 5.67. The maximum Gasteiger partial charge on any atom is 0.135 e. The fourth-order valence-electron chi connectivity index (χ4n) is 9.65. The Morgan fingerprint density at radius 1 is 0.355 bits per heavy atom. The lowest BCUT2D eigenvalue weighted by atomic mass is 9.67. The number of furan rings is 1. The molecule has 3 heteroatoms. The van der Waals surface area contributed by atoms with Gasteiger partial charge in [0.2, 0.25) is 0 Å². The SMILES string of the molecule is [2H]c1c([2H])c([2H])c(C2(c3ccc4c(c3)oc3ccccc34)c3ccc(N(c4ccccc4)c4ccccc4)cc3-c3cc(N(c4ccccc4)c4ccc5ccccc5c4)ccc32)c([2H])c1[2H]. The van der Waals surface area contributed by atoms with Crippen molar-refractivity contribution in [3.8, 4) is 11.1 Å². The van der Waals surface area contributed by atoms with Crippen molar-refractivity contribution in [3.05, 3.63) is 265 Å². The Bertz CT molecular complexity index is 3660. The molecule has 0 N–H and O–H groups in total. The second kappa shape index (κ2) is 14.5. The standard InChI is InChI=1S/C59H40N2O/c1-5-19-43(20-6-1)59(44-30-34-52-51-27-15-16-28-57(51)62-58(52)38-44)55-35-32-49(60(45-21-7-2-8-22-45)46-23-9-3-10-24-46)39-53(55)54-40-50(33-36-56(54)59)61(47-25-11-4-12-26-47)48-31-29-41-17-13-14-18-42(41)37-48/h1-40H/i1D,5D,6D,19D,20D. The van der Waals surface area contributed by atoms with E-state index in [0.29, 0.717) is 5.58 Å². The number of hydrogen-bond donors (Lipinski definition) is 0. The van der Waals surface area contributed by atoms with E-state index in [1.54, 1.807) is 0 Å². The minimum atomic E-state index is -1.40. The molecule has 1 aliphatic carbocycles. The highest BCUT2D eigenvalue weighted by atomic mass is 16.3. The Morgan fingerprint density at radius 3 is 1.48 bits per heavy atom. The van der Waals surface area contributed by atoms with Crippen molar-refractivity contribution in [1.82, 2.24) is 0 Å². The third-order valence-electron chi connectivity index (χ3n) is 12.3. The summed E-state index contributed by atoms with van der Waals surface area (Å²) in [5.41, 5.74) is 9.86. The predicted molar refractivity (Wildman–Crippen MR) is 258 cm³/mol. The fraction of sp³-hybridized carbons (Fsp3) is 0.0169. The summed E-state index contributed by atoms with van der Waals surface area (Å²) >= 11 is 0. The topological polar surface area (TPSA) is 19.6 Å². The van der Waals surface area contributed by atoms with Crippen LogP contribution in [0, 0.1) is 0 Å². The van der Waals surface area contributed by atoms with Gasteiger partial charge >= 0.3 is 0 Å². The molecule has 0 saturated carbocycles. The molecule has 0 radical (unpaired) electrons. The number of nitrogens with zero attached hydrogens (tertiary/aromatic N) is 2. The van der Waals surface area contributed by atoms with Gasteiger partial charge in [-0.1, -0.05) is 158 Å². The van der Waals surface area contributed by atoms with Gasteiger partial charge in [0.25, 0.3) is 0 Å². The minimum Gasteiger partial charge on any atom is -0.456 e. The van der Waals surface area contributed by atoms with Crippen LogP contribution in [0.3, 0.4) is 0 Å². The van der Waals surface area contributed by atoms with E-state index in [0.717, 1.165) is 89.1 Å². The number of para-hydroxylation sites is 4. The molecule has 12 rings (SSSR count). The molecule has 0 spiro atoms. The van der Waals surface area contributed by atoms with Gasteiger partial charge in [-0.15, -0.1) is 0 Å². The van der Waals surface area contributed by atoms with E-state index in [1.807, 2.05) is 103 Å². The minimum absolute atomic E-state index is 0.173. The maximum atomic E-state index is 9.73. The average molecular weight is 798 g/mol. The van der Waals surface area contributed by atoms with Gasteiger partial charge in [-0.2, -0.15) is 0 Å². The monoisotopic (exact) mass is 797 g/mol. The summed E-state index contributed by atoms with van der Waals surface area (Å²) in [5.74, 6) is 0. The summed E-state index contributed by atoms with van der Waals surface area (Å²) in [7, 11) is 0. The molecule has 0 amide bonds. The highest BCUT2D eigenvalue weighted by Crippen LogP contribution is 2.58. The molecule has 62 heavy (non-hydrogen) atoms. The molecule has 1 aliphatic rings. The molecule has 11 aromatic rings. The van der Waals surface area contributed by atoms with Crippen molar-refractivity contribution in [1.29, 1.82) is 0 Å². The van der Waals surface area contributed by atoms with Gasteiger partial charge in [0.05, 0.1) is 12.3 Å². The molecular weight excluding hydrogens is 753 g/mol. The molecule has 0 bridgehead atoms. The van der Waals surface area contributed by atoms with E-state index in [1.165, 1.54) is 0 Å². The van der Waals surface area contributed by atoms with Crippen molar-refractivity contribution >= 4 is 66.8 Å². The zero-order valence-electron chi connectivity index (χ0n) is 38.5. The van der Waals surface area contributed by atoms with Crippen molar-refractivity contribution in [3.63, 3.8) is 0 Å². The van der Waals surface area contributed by atoms with Crippen molar-refractivity contribution in [2.75, 3.05) is 9.80 Å². The Hall–Kier alpha value is -8.14. The van der Waals surface area contributed by atoms with Crippen LogP contribution < -0.4 is 9.80 Å². The summed E-state index contributed by atoms with van der Waals surface area (Å²) in [6.45, 7) is 0. The van der Waals surface area contributed by atoms with E-state index < -0.39 is 23.5 Å². The molecule has 0 aliphatic heterocycles. The number of fused-ring (bicyclic) bond motifs is 7. The van der Waals surface area contributed by atoms with E-state index >= 15 is 0 Å². The molecule has 292 valence electrons. The number of rotatable bonds is 8. The Morgan fingerprint density at radius 2 is 0.855 bits per heavy atom. The quantitative estimate of drug-likeness (QED) is 0.153. The summed E-state index contributed by atoms with van der Waals surface area (Å²) in [6, 6.07) is 70.6. The zero-order valence-corrected chi connectivity index (χ0v) is 33.5. The van der Waals surface area contributed by atoms with Crippen molar-refractivity contribution < 1.29 is 11.3 Å². The van der Waals surface area contributed by atoms with Crippen LogP contribution in [-0.2, 0) is 5.41 Å². The highest BCUT2D eigenvalue weighted by Gasteiger charge is 2.47. The van der Waals surface area contributed by atoms with Gasteiger partial charge in [-0.3, -0.25) is 0 Å². The molecule has 0 fully saturated rings. The van der Waals surface area contributed by atoms with Gasteiger partial charge in [0.15, 0.2) is 0 Å². The Balaban J connectivity index is 1.20. The van der Waals surface area contributed by atoms with Crippen LogP contribution in [0.1, 0.15) is 29.1 Å². The van der Waals surface area contributed by atoms with Gasteiger partial charge in [0, 0.05) is 44.9 Å². The first-order valence-corrected chi connectivity index (χ1v) is 20.8. The largest absolute Gasteiger partial charge is 0.456 e. The lowest BCUT2D eigenvalue weighted by molar-refractivity contribution is 0.665. The van der Waals surface area contributed by atoms with Gasteiger partial charge < -0.3 is 14.2 Å². The van der Waals surface area contributed by atoms with Crippen LogP contribution in [0.4, 0.5) is 34.1 Å². The van der Waals surface area contributed by atoms with Crippen LogP contribution in [0.2, 0.25) is 0 Å².